The summed E-state index contributed by atoms with van der Waals surface area (Å²) in [4.78, 5) is 19.9. The van der Waals surface area contributed by atoms with Crippen molar-refractivity contribution in [2.24, 2.45) is 0 Å². The highest BCUT2D eigenvalue weighted by Gasteiger charge is 2.19. The van der Waals surface area contributed by atoms with E-state index < -0.39 is 5.97 Å². The van der Waals surface area contributed by atoms with Gasteiger partial charge in [0.2, 0.25) is 0 Å². The second kappa shape index (κ2) is 4.69. The molecule has 20 heavy (non-hydrogen) atoms. The molecule has 0 amide bonds. The number of benzene rings is 1. The molecule has 1 aliphatic heterocycles. The molecule has 5 N–H and O–H groups in total. The van der Waals surface area contributed by atoms with E-state index in [0.717, 1.165) is 18.8 Å². The molecule has 0 fully saturated rings. The first-order chi connectivity index (χ1) is 9.66. The molecule has 2 heterocycles. The third kappa shape index (κ3) is 1.99. The van der Waals surface area contributed by atoms with Crippen molar-refractivity contribution in [3.8, 4) is 11.4 Å². The molecular formula is C13H13N5O2. The molecule has 0 radical (unpaired) electrons. The minimum atomic E-state index is -1.06. The first-order valence-corrected chi connectivity index (χ1v) is 6.14. The molecule has 3 rings (SSSR count). The van der Waals surface area contributed by atoms with Crippen LogP contribution in [0.4, 0.5) is 17.2 Å². The van der Waals surface area contributed by atoms with Crippen molar-refractivity contribution in [3.63, 3.8) is 0 Å². The van der Waals surface area contributed by atoms with Crippen LogP contribution in [0.2, 0.25) is 0 Å². The molecule has 0 bridgehead atoms. The van der Waals surface area contributed by atoms with Crippen LogP contribution in [0, 0.1) is 0 Å². The Labute approximate surface area is 114 Å². The highest BCUT2D eigenvalue weighted by molar-refractivity contribution is 5.98. The van der Waals surface area contributed by atoms with E-state index in [1.165, 1.54) is 6.07 Å². The van der Waals surface area contributed by atoms with Gasteiger partial charge in [0, 0.05) is 18.8 Å². The molecule has 0 aliphatic carbocycles. The number of aromatic carboxylic acids is 1. The van der Waals surface area contributed by atoms with Gasteiger partial charge >= 0.3 is 5.97 Å². The Kier molecular flexibility index (Phi) is 2.86. The number of nitrogens with two attached hydrogens (primary N) is 1. The lowest BCUT2D eigenvalue weighted by molar-refractivity contribution is 0.0697. The van der Waals surface area contributed by atoms with Crippen molar-refractivity contribution in [1.82, 2.24) is 9.97 Å². The number of carbonyl (C=O) groups is 1. The maximum atomic E-state index is 11.3. The van der Waals surface area contributed by atoms with Crippen LogP contribution in [0.25, 0.3) is 11.4 Å². The van der Waals surface area contributed by atoms with Crippen molar-refractivity contribution in [2.45, 2.75) is 0 Å². The fourth-order valence-corrected chi connectivity index (χ4v) is 2.14. The van der Waals surface area contributed by atoms with Crippen molar-refractivity contribution in [2.75, 3.05) is 29.5 Å². The van der Waals surface area contributed by atoms with Crippen LogP contribution in [0.1, 0.15) is 10.4 Å². The van der Waals surface area contributed by atoms with Crippen LogP contribution < -0.4 is 16.4 Å². The number of carboxylic acid groups (broad SMARTS) is 1. The zero-order valence-corrected chi connectivity index (χ0v) is 10.6. The van der Waals surface area contributed by atoms with Crippen LogP contribution in [0.5, 0.6) is 0 Å². The third-order valence-corrected chi connectivity index (χ3v) is 3.07. The first kappa shape index (κ1) is 12.2. The molecule has 2 aromatic rings. The molecule has 0 atom stereocenters. The summed E-state index contributed by atoms with van der Waals surface area (Å²) >= 11 is 0. The Balaban J connectivity index is 2.16. The molecule has 1 aromatic carbocycles. The predicted molar refractivity (Wildman–Crippen MR) is 75.8 cm³/mol. The smallest absolute Gasteiger partial charge is 0.336 e. The van der Waals surface area contributed by atoms with Gasteiger partial charge in [0.25, 0.3) is 0 Å². The number of hydrogen-bond acceptors (Lipinski definition) is 6. The third-order valence-electron chi connectivity index (χ3n) is 3.07. The molecule has 1 aliphatic rings. The minimum absolute atomic E-state index is 0.0914. The lowest BCUT2D eigenvalue weighted by Crippen LogP contribution is -2.22. The summed E-state index contributed by atoms with van der Waals surface area (Å²) in [6, 6.07) is 4.72. The molecule has 0 spiro atoms. The summed E-state index contributed by atoms with van der Waals surface area (Å²) in [6.07, 6.45) is 1.63. The van der Waals surface area contributed by atoms with Gasteiger partial charge in [-0.2, -0.15) is 0 Å². The van der Waals surface area contributed by atoms with Crippen LogP contribution in [0.15, 0.2) is 24.4 Å². The van der Waals surface area contributed by atoms with Gasteiger partial charge in [-0.25, -0.2) is 14.8 Å². The first-order valence-electron chi connectivity index (χ1n) is 6.14. The number of carboxylic acids is 1. The maximum Gasteiger partial charge on any atom is 0.336 e. The van der Waals surface area contributed by atoms with E-state index in [9.17, 15) is 9.90 Å². The van der Waals surface area contributed by atoms with Crippen molar-refractivity contribution < 1.29 is 9.90 Å². The molecule has 1 aromatic heterocycles. The molecule has 0 saturated heterocycles. The van der Waals surface area contributed by atoms with E-state index in [4.69, 9.17) is 5.73 Å². The zero-order valence-electron chi connectivity index (χ0n) is 10.6. The van der Waals surface area contributed by atoms with Crippen LogP contribution >= 0.6 is 0 Å². The fourth-order valence-electron chi connectivity index (χ4n) is 2.14. The van der Waals surface area contributed by atoms with E-state index >= 15 is 0 Å². The molecule has 7 nitrogen and oxygen atoms in total. The van der Waals surface area contributed by atoms with Crippen molar-refractivity contribution >= 4 is 23.2 Å². The minimum Gasteiger partial charge on any atom is -0.478 e. The van der Waals surface area contributed by atoms with Crippen LogP contribution in [0.3, 0.4) is 0 Å². The lowest BCUT2D eigenvalue weighted by atomic mass is 10.0. The van der Waals surface area contributed by atoms with Gasteiger partial charge in [-0.05, 0) is 12.1 Å². The van der Waals surface area contributed by atoms with Crippen molar-refractivity contribution in [3.05, 3.63) is 30.0 Å². The van der Waals surface area contributed by atoms with Crippen LogP contribution in [-0.2, 0) is 0 Å². The SMILES string of the molecule is Nc1cccc(C(=O)O)c1-c1ncc2c(n1)NCCN2. The Morgan fingerprint density at radius 1 is 1.30 bits per heavy atom. The molecule has 0 unspecified atom stereocenters. The monoisotopic (exact) mass is 271 g/mol. The Hall–Kier alpha value is -2.83. The molecule has 7 heteroatoms. The number of rotatable bonds is 2. The van der Waals surface area contributed by atoms with Gasteiger partial charge in [0.15, 0.2) is 11.6 Å². The molecular weight excluding hydrogens is 258 g/mol. The van der Waals surface area contributed by atoms with E-state index in [0.29, 0.717) is 22.9 Å². The Morgan fingerprint density at radius 3 is 2.90 bits per heavy atom. The quantitative estimate of drug-likeness (QED) is 0.608. The van der Waals surface area contributed by atoms with Gasteiger partial charge in [-0.15, -0.1) is 0 Å². The topological polar surface area (TPSA) is 113 Å². The summed E-state index contributed by atoms with van der Waals surface area (Å²) in [5, 5.41) is 15.5. The summed E-state index contributed by atoms with van der Waals surface area (Å²) < 4.78 is 0. The Morgan fingerprint density at radius 2 is 2.10 bits per heavy atom. The maximum absolute atomic E-state index is 11.3. The fraction of sp³-hybridized carbons (Fsp3) is 0.154. The average molecular weight is 271 g/mol. The summed E-state index contributed by atoms with van der Waals surface area (Å²) in [7, 11) is 0. The number of nitrogen functional groups attached to an aromatic ring is 1. The van der Waals surface area contributed by atoms with Gasteiger partial charge in [-0.1, -0.05) is 6.07 Å². The largest absolute Gasteiger partial charge is 0.478 e. The van der Waals surface area contributed by atoms with E-state index in [2.05, 4.69) is 20.6 Å². The Bertz CT molecular complexity index is 686. The number of nitrogens with zero attached hydrogens (tertiary/aromatic N) is 2. The number of hydrogen-bond donors (Lipinski definition) is 4. The summed E-state index contributed by atoms with van der Waals surface area (Å²) in [5.74, 6) is -0.101. The standard InChI is InChI=1S/C13H13N5O2/c14-8-3-1-2-7(13(19)20)10(8)12-17-6-9-11(18-12)16-5-4-15-9/h1-3,6,15H,4-5,14H2,(H,19,20)(H,16,17,18). The van der Waals surface area contributed by atoms with Gasteiger partial charge in [-0.3, -0.25) is 0 Å². The second-order valence-electron chi connectivity index (χ2n) is 4.38. The summed E-state index contributed by atoms with van der Waals surface area (Å²) in [5.41, 5.74) is 7.46. The van der Waals surface area contributed by atoms with E-state index in [-0.39, 0.29) is 5.56 Å². The summed E-state index contributed by atoms with van der Waals surface area (Å²) in [6.45, 7) is 1.54. The molecule has 102 valence electrons. The number of anilines is 3. The highest BCUT2D eigenvalue weighted by atomic mass is 16.4. The van der Waals surface area contributed by atoms with Crippen molar-refractivity contribution in [1.29, 1.82) is 0 Å². The van der Waals surface area contributed by atoms with Crippen LogP contribution in [-0.4, -0.2) is 34.1 Å². The normalized spacial score (nSPS) is 13.0. The van der Waals surface area contributed by atoms with Gasteiger partial charge in [0.05, 0.1) is 23.0 Å². The number of aromatic nitrogens is 2. The lowest BCUT2D eigenvalue weighted by Gasteiger charge is -2.19. The number of fused-ring (bicyclic) bond motifs is 1. The molecule has 0 saturated carbocycles. The van der Waals surface area contributed by atoms with E-state index in [1.54, 1.807) is 18.3 Å². The van der Waals surface area contributed by atoms with Gasteiger partial charge in [0.1, 0.15) is 0 Å². The highest BCUT2D eigenvalue weighted by Crippen LogP contribution is 2.30. The predicted octanol–water partition coefficient (Wildman–Crippen LogP) is 1.26. The number of nitrogens with one attached hydrogen (secondary N) is 2. The average Bonchev–Trinajstić information content (AvgIpc) is 2.46. The van der Waals surface area contributed by atoms with Gasteiger partial charge < -0.3 is 21.5 Å². The van der Waals surface area contributed by atoms with E-state index in [1.807, 2.05) is 0 Å². The second-order valence-corrected chi connectivity index (χ2v) is 4.38. The zero-order chi connectivity index (χ0) is 14.1.